The summed E-state index contributed by atoms with van der Waals surface area (Å²) >= 11 is 5.71. The van der Waals surface area contributed by atoms with Crippen LogP contribution in [0.15, 0.2) is 40.3 Å². The first-order chi connectivity index (χ1) is 14.5. The van der Waals surface area contributed by atoms with Crippen molar-refractivity contribution >= 4 is 11.6 Å². The Kier molecular flexibility index (Phi) is 5.81. The number of nitrogens with zero attached hydrogens (tertiary/aromatic N) is 3. The van der Waals surface area contributed by atoms with Crippen LogP contribution in [0.1, 0.15) is 16.8 Å². The second-order valence-electron chi connectivity index (χ2n) is 6.00. The number of H-pyrrole nitrogens is 1. The van der Waals surface area contributed by atoms with Crippen molar-refractivity contribution in [2.75, 3.05) is 0 Å². The molecule has 3 aromatic rings. The standard InChI is InChI=1S/C18H8ClF5N4O3/c19-10-1-8(4-25)13(21)12(3-10)31-14-15(18(22,23)24)27-7-28(17(14)30)6-9-2-11(20)5-26-16(9)29/h1-3,5,7H,6H2,(H,26,29). The molecule has 7 nitrogen and oxygen atoms in total. The Morgan fingerprint density at radius 3 is 2.58 bits per heavy atom. The molecule has 0 aliphatic carbocycles. The van der Waals surface area contributed by atoms with Gasteiger partial charge in [0, 0.05) is 22.8 Å². The van der Waals surface area contributed by atoms with E-state index in [4.69, 9.17) is 21.6 Å². The fourth-order valence-electron chi connectivity index (χ4n) is 2.51. The molecule has 0 fully saturated rings. The van der Waals surface area contributed by atoms with Gasteiger partial charge in [0.2, 0.25) is 5.75 Å². The lowest BCUT2D eigenvalue weighted by Crippen LogP contribution is -2.28. The predicted molar refractivity (Wildman–Crippen MR) is 95.8 cm³/mol. The highest BCUT2D eigenvalue weighted by atomic mass is 35.5. The maximum atomic E-state index is 14.3. The number of nitriles is 1. The van der Waals surface area contributed by atoms with Crippen LogP contribution in [0.2, 0.25) is 5.02 Å². The molecule has 2 aromatic heterocycles. The van der Waals surface area contributed by atoms with E-state index in [9.17, 15) is 31.5 Å². The molecule has 0 unspecified atom stereocenters. The van der Waals surface area contributed by atoms with Gasteiger partial charge in [-0.25, -0.2) is 13.8 Å². The normalized spacial score (nSPS) is 11.3. The molecule has 0 aliphatic heterocycles. The van der Waals surface area contributed by atoms with Crippen LogP contribution in [0.4, 0.5) is 22.0 Å². The van der Waals surface area contributed by atoms with Crippen molar-refractivity contribution in [3.05, 3.63) is 84.9 Å². The number of ether oxygens (including phenoxy) is 1. The number of aromatic amines is 1. The van der Waals surface area contributed by atoms with Crippen LogP contribution in [0, 0.1) is 23.0 Å². The lowest BCUT2D eigenvalue weighted by Gasteiger charge is -2.15. The van der Waals surface area contributed by atoms with Crippen molar-refractivity contribution in [1.82, 2.24) is 14.5 Å². The van der Waals surface area contributed by atoms with Gasteiger partial charge >= 0.3 is 6.18 Å². The molecular weight excluding hydrogens is 451 g/mol. The second-order valence-corrected chi connectivity index (χ2v) is 6.44. The lowest BCUT2D eigenvalue weighted by atomic mass is 10.2. The molecule has 1 aromatic carbocycles. The topological polar surface area (TPSA) is 101 Å². The fourth-order valence-corrected chi connectivity index (χ4v) is 2.72. The number of aromatic nitrogens is 3. The van der Waals surface area contributed by atoms with E-state index in [0.717, 1.165) is 24.4 Å². The predicted octanol–water partition coefficient (Wildman–Crippen LogP) is 3.59. The molecule has 0 spiro atoms. The number of rotatable bonds is 4. The van der Waals surface area contributed by atoms with Crippen molar-refractivity contribution in [2.24, 2.45) is 0 Å². The summed E-state index contributed by atoms with van der Waals surface area (Å²) in [5.41, 5.74) is -4.94. The first kappa shape index (κ1) is 22.0. The summed E-state index contributed by atoms with van der Waals surface area (Å²) < 4.78 is 73.2. The summed E-state index contributed by atoms with van der Waals surface area (Å²) in [4.78, 5) is 29.6. The van der Waals surface area contributed by atoms with Crippen LogP contribution in [-0.4, -0.2) is 14.5 Å². The molecule has 0 aliphatic rings. The molecule has 0 amide bonds. The second kappa shape index (κ2) is 8.19. The number of alkyl halides is 3. The third-order valence-corrected chi connectivity index (χ3v) is 4.11. The van der Waals surface area contributed by atoms with Gasteiger partial charge in [0.05, 0.1) is 18.4 Å². The van der Waals surface area contributed by atoms with Gasteiger partial charge in [-0.2, -0.15) is 18.4 Å². The summed E-state index contributed by atoms with van der Waals surface area (Å²) in [6.45, 7) is -0.658. The van der Waals surface area contributed by atoms with Crippen molar-refractivity contribution in [2.45, 2.75) is 12.7 Å². The van der Waals surface area contributed by atoms with Crippen molar-refractivity contribution < 1.29 is 26.7 Å². The zero-order valence-corrected chi connectivity index (χ0v) is 15.7. The monoisotopic (exact) mass is 458 g/mol. The van der Waals surface area contributed by atoms with Gasteiger partial charge in [0.15, 0.2) is 17.3 Å². The van der Waals surface area contributed by atoms with Gasteiger partial charge in [-0.15, -0.1) is 0 Å². The molecule has 0 bridgehead atoms. The van der Waals surface area contributed by atoms with E-state index >= 15 is 0 Å². The maximum absolute atomic E-state index is 14.3. The average molecular weight is 459 g/mol. The highest BCUT2D eigenvalue weighted by molar-refractivity contribution is 6.30. The third kappa shape index (κ3) is 4.56. The molecule has 0 radical (unpaired) electrons. The minimum atomic E-state index is -5.17. The molecule has 13 heteroatoms. The minimum absolute atomic E-state index is 0.239. The van der Waals surface area contributed by atoms with Crippen LogP contribution in [0.3, 0.4) is 0 Å². The van der Waals surface area contributed by atoms with Crippen molar-refractivity contribution in [3.63, 3.8) is 0 Å². The molecule has 160 valence electrons. The Morgan fingerprint density at radius 2 is 1.94 bits per heavy atom. The van der Waals surface area contributed by atoms with E-state index in [1.54, 1.807) is 0 Å². The molecule has 2 heterocycles. The van der Waals surface area contributed by atoms with Gasteiger partial charge in [-0.3, -0.25) is 14.2 Å². The minimum Gasteiger partial charge on any atom is -0.446 e. The van der Waals surface area contributed by atoms with E-state index < -0.39 is 58.2 Å². The third-order valence-electron chi connectivity index (χ3n) is 3.89. The summed E-state index contributed by atoms with van der Waals surface area (Å²) in [6, 6.07) is 3.90. The van der Waals surface area contributed by atoms with Crippen molar-refractivity contribution in [3.8, 4) is 17.6 Å². The summed E-state index contributed by atoms with van der Waals surface area (Å²) in [5.74, 6) is -4.55. The molecule has 0 saturated carbocycles. The number of hydrogen-bond acceptors (Lipinski definition) is 5. The molecule has 0 saturated heterocycles. The number of hydrogen-bond donors (Lipinski definition) is 1. The SMILES string of the molecule is N#Cc1cc(Cl)cc(Oc2c(C(F)(F)F)ncn(Cc3cc(F)c[nH]c3=O)c2=O)c1F. The van der Waals surface area contributed by atoms with Crippen LogP contribution >= 0.6 is 11.6 Å². The van der Waals surface area contributed by atoms with E-state index in [-0.39, 0.29) is 10.6 Å². The van der Waals surface area contributed by atoms with E-state index in [1.165, 1.54) is 6.07 Å². The summed E-state index contributed by atoms with van der Waals surface area (Å²) in [6.07, 6.45) is -3.93. The van der Waals surface area contributed by atoms with Crippen molar-refractivity contribution in [1.29, 1.82) is 5.26 Å². The Hall–Kier alpha value is -3.72. The molecule has 1 N–H and O–H groups in total. The van der Waals surface area contributed by atoms with E-state index in [0.29, 0.717) is 10.9 Å². The van der Waals surface area contributed by atoms with E-state index in [2.05, 4.69) is 9.97 Å². The van der Waals surface area contributed by atoms with E-state index in [1.807, 2.05) is 0 Å². The first-order valence-corrected chi connectivity index (χ1v) is 8.49. The smallest absolute Gasteiger partial charge is 0.437 e. The average Bonchev–Trinajstić information content (AvgIpc) is 2.69. The summed E-state index contributed by atoms with van der Waals surface area (Å²) in [5, 5.41) is 8.66. The number of nitrogens with one attached hydrogen (secondary N) is 1. The van der Waals surface area contributed by atoms with Gasteiger partial charge in [0.25, 0.3) is 11.1 Å². The van der Waals surface area contributed by atoms with Crippen LogP contribution in [0.25, 0.3) is 0 Å². The van der Waals surface area contributed by atoms with Gasteiger partial charge < -0.3 is 9.72 Å². The quantitative estimate of drug-likeness (QED) is 0.602. The Balaban J connectivity index is 2.17. The first-order valence-electron chi connectivity index (χ1n) is 8.12. The Bertz CT molecular complexity index is 1330. The number of benzene rings is 1. The van der Waals surface area contributed by atoms with Crippen LogP contribution in [-0.2, 0) is 12.7 Å². The maximum Gasteiger partial charge on any atom is 0.437 e. The highest BCUT2D eigenvalue weighted by Gasteiger charge is 2.39. The zero-order valence-electron chi connectivity index (χ0n) is 14.9. The molecule has 3 rings (SSSR count). The Morgan fingerprint density at radius 1 is 1.23 bits per heavy atom. The fraction of sp³-hybridized carbons (Fsp3) is 0.111. The lowest BCUT2D eigenvalue weighted by molar-refractivity contribution is -0.142. The summed E-state index contributed by atoms with van der Waals surface area (Å²) in [7, 11) is 0. The molecule has 0 atom stereocenters. The van der Waals surface area contributed by atoms with Crippen LogP contribution in [0.5, 0.6) is 11.5 Å². The highest BCUT2D eigenvalue weighted by Crippen LogP contribution is 2.36. The van der Waals surface area contributed by atoms with Gasteiger partial charge in [0.1, 0.15) is 11.9 Å². The molecule has 31 heavy (non-hydrogen) atoms. The number of halogens is 6. The largest absolute Gasteiger partial charge is 0.446 e. The molecular formula is C18H8ClF5N4O3. The Labute approximate surface area is 173 Å². The van der Waals surface area contributed by atoms with Gasteiger partial charge in [-0.05, 0) is 12.1 Å². The zero-order chi connectivity index (χ0) is 22.9. The van der Waals surface area contributed by atoms with Crippen LogP contribution < -0.4 is 15.9 Å². The number of pyridine rings is 1. The van der Waals surface area contributed by atoms with Gasteiger partial charge in [-0.1, -0.05) is 11.6 Å².